The van der Waals surface area contributed by atoms with Crippen LogP contribution in [0.1, 0.15) is 25.3 Å². The molecule has 0 unspecified atom stereocenters. The Morgan fingerprint density at radius 1 is 1.06 bits per heavy atom. The van der Waals surface area contributed by atoms with Crippen LogP contribution in [0.2, 0.25) is 0 Å². The average molecular weight is 440 g/mol. The van der Waals surface area contributed by atoms with E-state index in [9.17, 15) is 19.5 Å². The van der Waals surface area contributed by atoms with Crippen LogP contribution in [0.3, 0.4) is 0 Å². The number of ketones is 1. The summed E-state index contributed by atoms with van der Waals surface area (Å²) in [6.45, 7) is 2.52. The fourth-order valence-corrected chi connectivity index (χ4v) is 3.87. The van der Waals surface area contributed by atoms with Gasteiger partial charge in [-0.25, -0.2) is 9.59 Å². The third-order valence-corrected chi connectivity index (χ3v) is 5.72. The zero-order chi connectivity index (χ0) is 23.3. The van der Waals surface area contributed by atoms with E-state index in [1.807, 2.05) is 35.2 Å². The number of anilines is 1. The predicted octanol–water partition coefficient (Wildman–Crippen LogP) is 3.18. The quantitative estimate of drug-likeness (QED) is 0.499. The van der Waals surface area contributed by atoms with Gasteiger partial charge in [0, 0.05) is 20.6 Å². The molecule has 2 atom stereocenters. The Morgan fingerprint density at radius 3 is 2.22 bits per heavy atom. The summed E-state index contributed by atoms with van der Waals surface area (Å²) in [5.74, 6) is -1.90. The second-order valence-corrected chi connectivity index (χ2v) is 8.24. The van der Waals surface area contributed by atoms with E-state index in [-0.39, 0.29) is 0 Å². The minimum absolute atomic E-state index is 0.300. The number of rotatable bonds is 8. The van der Waals surface area contributed by atoms with Crippen LogP contribution in [0.5, 0.6) is 0 Å². The number of carboxylic acid groups (broad SMARTS) is 1. The molecule has 0 aromatic heterocycles. The fraction of sp³-hybridized carbons (Fsp3) is 0.375. The van der Waals surface area contributed by atoms with Gasteiger partial charge in [-0.2, -0.15) is 5.06 Å². The Hall–Kier alpha value is -3.39. The maximum absolute atomic E-state index is 13.8. The largest absolute Gasteiger partial charge is 0.479 e. The lowest BCUT2D eigenvalue weighted by Crippen LogP contribution is -2.63. The minimum Gasteiger partial charge on any atom is -0.479 e. The first-order valence-electron chi connectivity index (χ1n) is 10.6. The van der Waals surface area contributed by atoms with Crippen LogP contribution in [0.25, 0.3) is 0 Å². The van der Waals surface area contributed by atoms with Crippen molar-refractivity contribution in [3.05, 3.63) is 66.2 Å². The molecule has 1 amide bonds. The van der Waals surface area contributed by atoms with Gasteiger partial charge in [-0.15, -0.1) is 0 Å². The highest BCUT2D eigenvalue weighted by molar-refractivity contribution is 6.12. The van der Waals surface area contributed by atoms with Crippen molar-refractivity contribution in [3.63, 3.8) is 0 Å². The maximum Gasteiger partial charge on any atom is 0.433 e. The summed E-state index contributed by atoms with van der Waals surface area (Å²) in [6.07, 6.45) is 0.544. The van der Waals surface area contributed by atoms with E-state index in [0.717, 1.165) is 17.0 Å². The Bertz CT molecular complexity index is 951. The first kappa shape index (κ1) is 23.3. The van der Waals surface area contributed by atoms with Crippen LogP contribution in [0.4, 0.5) is 10.5 Å². The highest BCUT2D eigenvalue weighted by Gasteiger charge is 2.54. The van der Waals surface area contributed by atoms with Gasteiger partial charge in [0.1, 0.15) is 0 Å². The van der Waals surface area contributed by atoms with E-state index in [1.165, 1.54) is 25.9 Å². The van der Waals surface area contributed by atoms with E-state index in [4.69, 9.17) is 4.84 Å². The Balaban J connectivity index is 1.97. The Morgan fingerprint density at radius 2 is 1.66 bits per heavy atom. The topological polar surface area (TPSA) is 90.4 Å². The monoisotopic (exact) mass is 439 g/mol. The molecule has 170 valence electrons. The molecule has 8 nitrogen and oxygen atoms in total. The van der Waals surface area contributed by atoms with Crippen molar-refractivity contribution in [1.29, 1.82) is 0 Å². The molecule has 1 N–H and O–H groups in total. The lowest BCUT2D eigenvalue weighted by molar-refractivity contribution is -0.152. The molecule has 0 bridgehead atoms. The number of carbonyl (C=O) groups is 3. The minimum atomic E-state index is -2.11. The summed E-state index contributed by atoms with van der Waals surface area (Å²) in [6, 6.07) is 17.5. The molecule has 1 aliphatic heterocycles. The molecule has 1 heterocycles. The number of carbonyl (C=O) groups excluding carboxylic acids is 2. The predicted molar refractivity (Wildman–Crippen MR) is 120 cm³/mol. The molecular formula is C24H29N3O5. The van der Waals surface area contributed by atoms with Gasteiger partial charge in [0.15, 0.2) is 5.78 Å². The molecule has 1 fully saturated rings. The van der Waals surface area contributed by atoms with Crippen LogP contribution in [0.15, 0.2) is 60.7 Å². The Labute approximate surface area is 187 Å². The zero-order valence-electron chi connectivity index (χ0n) is 18.6. The van der Waals surface area contributed by atoms with Gasteiger partial charge in [-0.3, -0.25) is 9.69 Å². The summed E-state index contributed by atoms with van der Waals surface area (Å²) < 4.78 is 0. The van der Waals surface area contributed by atoms with Gasteiger partial charge < -0.3 is 14.8 Å². The van der Waals surface area contributed by atoms with Crippen molar-refractivity contribution in [2.75, 3.05) is 25.7 Å². The molecular weight excluding hydrogens is 410 g/mol. The van der Waals surface area contributed by atoms with Gasteiger partial charge in [0.25, 0.3) is 0 Å². The number of aliphatic carboxylic acids is 1. The summed E-state index contributed by atoms with van der Waals surface area (Å²) in [5.41, 5.74) is -0.770. The van der Waals surface area contributed by atoms with E-state index in [1.54, 1.807) is 30.3 Å². The second-order valence-electron chi connectivity index (χ2n) is 8.24. The lowest BCUT2D eigenvalue weighted by Gasteiger charge is -2.39. The SMILES string of the molecule is CN(C)C(=O)ON(c1ccccc1)[C@@](C)(C(=O)O)C(=O)[C@@H]1CCCN1Cc1ccccc1. The number of likely N-dealkylation sites (tertiary alicyclic amines) is 1. The van der Waals surface area contributed by atoms with Crippen LogP contribution in [-0.2, 0) is 21.0 Å². The molecule has 8 heteroatoms. The zero-order valence-corrected chi connectivity index (χ0v) is 18.6. The fourth-order valence-electron chi connectivity index (χ4n) is 3.87. The highest BCUT2D eigenvalue weighted by atomic mass is 16.7. The van der Waals surface area contributed by atoms with E-state index in [2.05, 4.69) is 0 Å². The highest BCUT2D eigenvalue weighted by Crippen LogP contribution is 2.32. The van der Waals surface area contributed by atoms with Crippen LogP contribution in [-0.4, -0.2) is 65.0 Å². The van der Waals surface area contributed by atoms with E-state index < -0.39 is 29.4 Å². The van der Waals surface area contributed by atoms with Crippen molar-refractivity contribution in [2.24, 2.45) is 0 Å². The van der Waals surface area contributed by atoms with Crippen molar-refractivity contribution in [3.8, 4) is 0 Å². The number of benzene rings is 2. The smallest absolute Gasteiger partial charge is 0.433 e. The molecule has 2 aromatic carbocycles. The van der Waals surface area contributed by atoms with Gasteiger partial charge in [0.05, 0.1) is 11.7 Å². The number of amides is 1. The van der Waals surface area contributed by atoms with Crippen molar-refractivity contribution in [1.82, 2.24) is 9.80 Å². The van der Waals surface area contributed by atoms with Gasteiger partial charge in [0.2, 0.25) is 5.54 Å². The number of carboxylic acids is 1. The number of hydrogen-bond donors (Lipinski definition) is 1. The standard InChI is InChI=1S/C24H29N3O5/c1-24(22(29)30,27(32-23(31)25(2)3)19-13-8-5-9-14-19)21(28)20-15-10-16-26(20)17-18-11-6-4-7-12-18/h4-9,11-14,20H,10,15-17H2,1-3H3,(H,29,30)/t20-,24+/m0/s1. The summed E-state index contributed by atoms with van der Waals surface area (Å²) >= 11 is 0. The molecule has 0 spiro atoms. The molecule has 0 aliphatic carbocycles. The molecule has 1 saturated heterocycles. The molecule has 32 heavy (non-hydrogen) atoms. The number of para-hydroxylation sites is 1. The van der Waals surface area contributed by atoms with E-state index in [0.29, 0.717) is 25.2 Å². The molecule has 0 radical (unpaired) electrons. The summed E-state index contributed by atoms with van der Waals surface area (Å²) in [4.78, 5) is 47.4. The third-order valence-electron chi connectivity index (χ3n) is 5.72. The van der Waals surface area contributed by atoms with E-state index >= 15 is 0 Å². The number of hydroxylamine groups is 1. The van der Waals surface area contributed by atoms with Gasteiger partial charge >= 0.3 is 12.1 Å². The van der Waals surface area contributed by atoms with Gasteiger partial charge in [-0.1, -0.05) is 48.5 Å². The van der Waals surface area contributed by atoms with Gasteiger partial charge in [-0.05, 0) is 44.0 Å². The second kappa shape index (κ2) is 9.82. The van der Waals surface area contributed by atoms with Crippen LogP contribution < -0.4 is 5.06 Å². The Kier molecular flexibility index (Phi) is 7.15. The molecule has 2 aromatic rings. The third kappa shape index (κ3) is 4.75. The van der Waals surface area contributed by atoms with Crippen LogP contribution in [0, 0.1) is 0 Å². The van der Waals surface area contributed by atoms with Crippen molar-refractivity contribution >= 4 is 23.5 Å². The average Bonchev–Trinajstić information content (AvgIpc) is 3.25. The normalized spacial score (nSPS) is 17.9. The number of Topliss-reactive ketones (excluding diaryl/α,β-unsaturated/α-hetero) is 1. The van der Waals surface area contributed by atoms with Crippen LogP contribution >= 0.6 is 0 Å². The van der Waals surface area contributed by atoms with Crippen molar-refractivity contribution < 1.29 is 24.3 Å². The molecule has 1 aliphatic rings. The lowest BCUT2D eigenvalue weighted by atomic mass is 9.89. The maximum atomic E-state index is 13.8. The molecule has 3 rings (SSSR count). The summed E-state index contributed by atoms with van der Waals surface area (Å²) in [7, 11) is 2.98. The first-order chi connectivity index (χ1) is 15.2. The first-order valence-corrected chi connectivity index (χ1v) is 10.6. The van der Waals surface area contributed by atoms with Crippen molar-refractivity contribution in [2.45, 2.75) is 37.9 Å². The number of hydrogen-bond acceptors (Lipinski definition) is 6. The summed E-state index contributed by atoms with van der Waals surface area (Å²) in [5, 5.41) is 11.2. The molecule has 0 saturated carbocycles. The number of nitrogens with zero attached hydrogens (tertiary/aromatic N) is 3.